The molecule has 134 valence electrons. The van der Waals surface area contributed by atoms with Gasteiger partial charge in [0.1, 0.15) is 0 Å². The molecule has 0 radical (unpaired) electrons. The van der Waals surface area contributed by atoms with E-state index in [9.17, 15) is 14.4 Å². The van der Waals surface area contributed by atoms with E-state index in [0.717, 1.165) is 0 Å². The predicted molar refractivity (Wildman–Crippen MR) is 86.1 cm³/mol. The highest BCUT2D eigenvalue weighted by molar-refractivity contribution is 6.26. The van der Waals surface area contributed by atoms with Gasteiger partial charge in [-0.3, -0.25) is 19.8 Å². The minimum Gasteiger partial charge on any atom is -0.370 e. The fraction of sp³-hybridized carbons (Fsp3) is 0.733. The van der Waals surface area contributed by atoms with E-state index >= 15 is 0 Å². The van der Waals surface area contributed by atoms with E-state index in [4.69, 9.17) is 21.6 Å². The van der Waals surface area contributed by atoms with Crippen LogP contribution in [-0.2, 0) is 19.1 Å². The van der Waals surface area contributed by atoms with Gasteiger partial charge in [-0.1, -0.05) is 20.8 Å². The third kappa shape index (κ3) is 3.01. The Bertz CT molecular complexity index is 556. The number of epoxide rings is 1. The van der Waals surface area contributed by atoms with E-state index in [-0.39, 0.29) is 12.3 Å². The summed E-state index contributed by atoms with van der Waals surface area (Å²) < 4.78 is 5.03. The maximum Gasteiger partial charge on any atom is 0.237 e. The number of ketones is 2. The number of rotatable bonds is 7. The average Bonchev–Trinajstić information content (AvgIpc) is 3.24. The Morgan fingerprint density at radius 2 is 1.88 bits per heavy atom. The minimum atomic E-state index is -1.76. The minimum absolute atomic E-state index is 0.228. The summed E-state index contributed by atoms with van der Waals surface area (Å²) in [6.45, 7) is 5.62. The first kappa shape index (κ1) is 18.3. The topological polar surface area (TPSA) is 164 Å². The van der Waals surface area contributed by atoms with Gasteiger partial charge in [-0.05, 0) is 18.8 Å². The normalized spacial score (nSPS) is 26.7. The summed E-state index contributed by atoms with van der Waals surface area (Å²) in [6, 6.07) is -1.60. The van der Waals surface area contributed by atoms with Gasteiger partial charge in [0.05, 0.1) is 12.1 Å². The number of amides is 1. The van der Waals surface area contributed by atoms with Crippen LogP contribution < -0.4 is 22.1 Å². The zero-order valence-electron chi connectivity index (χ0n) is 14.1. The zero-order valence-corrected chi connectivity index (χ0v) is 14.1. The molecule has 1 aliphatic heterocycles. The van der Waals surface area contributed by atoms with Gasteiger partial charge >= 0.3 is 0 Å². The van der Waals surface area contributed by atoms with Crippen molar-refractivity contribution in [1.82, 2.24) is 10.6 Å². The molecule has 0 aromatic heterocycles. The van der Waals surface area contributed by atoms with Crippen molar-refractivity contribution < 1.29 is 19.1 Å². The van der Waals surface area contributed by atoms with E-state index in [0.29, 0.717) is 6.42 Å². The number of carbonyl (C=O) groups excluding carboxylic acids is 3. The van der Waals surface area contributed by atoms with Crippen LogP contribution in [0.2, 0.25) is 0 Å². The van der Waals surface area contributed by atoms with E-state index in [1.54, 1.807) is 6.92 Å². The Morgan fingerprint density at radius 1 is 1.33 bits per heavy atom. The fourth-order valence-corrected chi connectivity index (χ4v) is 3.26. The number of fused-ring (bicyclic) bond motifs is 1. The average molecular weight is 339 g/mol. The highest BCUT2D eigenvalue weighted by Gasteiger charge is 2.72. The molecule has 2 aliphatic rings. The van der Waals surface area contributed by atoms with Crippen LogP contribution in [0.5, 0.6) is 0 Å². The van der Waals surface area contributed by atoms with Crippen LogP contribution >= 0.6 is 0 Å². The summed E-state index contributed by atoms with van der Waals surface area (Å²) in [7, 11) is 0. The lowest BCUT2D eigenvalue weighted by Crippen LogP contribution is -2.71. The maximum absolute atomic E-state index is 12.6. The van der Waals surface area contributed by atoms with Crippen molar-refractivity contribution in [1.29, 1.82) is 5.41 Å². The molecular formula is C15H25N5O4. The monoisotopic (exact) mass is 339 g/mol. The Kier molecular flexibility index (Phi) is 4.95. The number of carbonyl (C=O) groups is 3. The van der Waals surface area contributed by atoms with Crippen LogP contribution in [0.15, 0.2) is 0 Å². The molecule has 2 rings (SSSR count). The zero-order chi connectivity index (χ0) is 18.2. The lowest BCUT2D eigenvalue weighted by atomic mass is 9.83. The van der Waals surface area contributed by atoms with Crippen LogP contribution in [0.4, 0.5) is 0 Å². The molecule has 4 atom stereocenters. The van der Waals surface area contributed by atoms with Gasteiger partial charge in [0, 0.05) is 0 Å². The Labute approximate surface area is 140 Å². The molecule has 1 saturated heterocycles. The number of hydrogen-bond acceptors (Lipinski definition) is 6. The number of guanidine groups is 1. The molecule has 0 bridgehead atoms. The Hall–Kier alpha value is -2.00. The second-order valence-electron chi connectivity index (χ2n) is 6.76. The van der Waals surface area contributed by atoms with E-state index in [2.05, 4.69) is 10.6 Å². The van der Waals surface area contributed by atoms with E-state index < -0.39 is 53.3 Å². The summed E-state index contributed by atoms with van der Waals surface area (Å²) in [6.07, 6.45) is -0.873. The van der Waals surface area contributed by atoms with E-state index in [1.165, 1.54) is 0 Å². The van der Waals surface area contributed by atoms with Crippen LogP contribution in [0.1, 0.15) is 33.6 Å². The second kappa shape index (κ2) is 6.48. The molecule has 1 amide bonds. The highest BCUT2D eigenvalue weighted by Crippen LogP contribution is 2.41. The first-order valence-corrected chi connectivity index (χ1v) is 8.07. The summed E-state index contributed by atoms with van der Waals surface area (Å²) in [5.74, 6) is -1.74. The lowest BCUT2D eigenvalue weighted by molar-refractivity contribution is -0.138. The third-order valence-electron chi connectivity index (χ3n) is 4.43. The molecule has 0 spiro atoms. The van der Waals surface area contributed by atoms with Crippen molar-refractivity contribution in [3.63, 3.8) is 0 Å². The highest BCUT2D eigenvalue weighted by atomic mass is 16.6. The first-order valence-electron chi connectivity index (χ1n) is 8.07. The van der Waals surface area contributed by atoms with Gasteiger partial charge in [-0.25, -0.2) is 0 Å². The fourth-order valence-electron chi connectivity index (χ4n) is 3.26. The van der Waals surface area contributed by atoms with Gasteiger partial charge in [0.25, 0.3) is 0 Å². The summed E-state index contributed by atoms with van der Waals surface area (Å²) >= 11 is 0. The molecule has 24 heavy (non-hydrogen) atoms. The van der Waals surface area contributed by atoms with Crippen molar-refractivity contribution in [3.8, 4) is 0 Å². The SMILES string of the molecule is CCC(NC(=O)[C@@H](N)CC(C)C)C1(NC(=N)N)C(=O)[C@H]2O[C@@H]2C1=O. The molecule has 1 unspecified atom stereocenters. The molecule has 2 fully saturated rings. The van der Waals surface area contributed by atoms with Crippen LogP contribution in [0.25, 0.3) is 0 Å². The molecular weight excluding hydrogens is 314 g/mol. The molecule has 7 N–H and O–H groups in total. The number of hydrogen-bond donors (Lipinski definition) is 5. The van der Waals surface area contributed by atoms with Crippen molar-refractivity contribution in [2.75, 3.05) is 0 Å². The van der Waals surface area contributed by atoms with E-state index in [1.807, 2.05) is 13.8 Å². The number of ether oxygens (including phenoxy) is 1. The van der Waals surface area contributed by atoms with Crippen molar-refractivity contribution in [3.05, 3.63) is 0 Å². The van der Waals surface area contributed by atoms with Gasteiger partial charge in [0.2, 0.25) is 5.91 Å². The van der Waals surface area contributed by atoms with Gasteiger partial charge in [-0.2, -0.15) is 0 Å². The van der Waals surface area contributed by atoms with Crippen molar-refractivity contribution >= 4 is 23.4 Å². The summed E-state index contributed by atoms with van der Waals surface area (Å²) in [5, 5.41) is 12.6. The van der Waals surface area contributed by atoms with Crippen molar-refractivity contribution in [2.24, 2.45) is 17.4 Å². The molecule has 0 aromatic rings. The summed E-state index contributed by atoms with van der Waals surface area (Å²) in [5.41, 5.74) is 9.49. The molecule has 1 heterocycles. The lowest BCUT2D eigenvalue weighted by Gasteiger charge is -2.37. The molecule has 9 heteroatoms. The smallest absolute Gasteiger partial charge is 0.237 e. The number of nitrogens with two attached hydrogens (primary N) is 2. The summed E-state index contributed by atoms with van der Waals surface area (Å²) in [4.78, 5) is 37.5. The molecule has 1 aliphatic carbocycles. The van der Waals surface area contributed by atoms with Gasteiger partial charge < -0.3 is 26.8 Å². The number of Topliss-reactive ketones (excluding diaryl/α,β-unsaturated/α-hetero) is 2. The Morgan fingerprint density at radius 3 is 2.29 bits per heavy atom. The first-order chi connectivity index (χ1) is 11.1. The maximum atomic E-state index is 12.6. The second-order valence-corrected chi connectivity index (χ2v) is 6.76. The van der Waals surface area contributed by atoms with Crippen molar-refractivity contribution in [2.45, 2.75) is 63.4 Å². The van der Waals surface area contributed by atoms with Crippen LogP contribution in [-0.4, -0.2) is 53.3 Å². The van der Waals surface area contributed by atoms with Crippen LogP contribution in [0.3, 0.4) is 0 Å². The van der Waals surface area contributed by atoms with Gasteiger partial charge in [-0.15, -0.1) is 0 Å². The largest absolute Gasteiger partial charge is 0.370 e. The van der Waals surface area contributed by atoms with Gasteiger partial charge in [0.15, 0.2) is 35.3 Å². The number of nitrogens with one attached hydrogen (secondary N) is 3. The standard InChI is InChI=1S/C15H25N5O4/c1-4-8(19-13(23)7(16)5-6(2)3)15(20-14(17)18)11(21)9-10(24-9)12(15)22/h6-10H,4-5,16H2,1-3H3,(H,19,23)(H4,17,18,20)/t7-,8?,9-,10-/m0/s1. The Balaban J connectivity index is 2.24. The quantitative estimate of drug-likeness (QED) is 0.161. The third-order valence-corrected chi connectivity index (χ3v) is 4.43. The molecule has 1 saturated carbocycles. The predicted octanol–water partition coefficient (Wildman–Crippen LogP) is -1.60. The molecule has 0 aromatic carbocycles. The van der Waals surface area contributed by atoms with Crippen LogP contribution in [0, 0.1) is 11.3 Å². The molecule has 9 nitrogen and oxygen atoms in total.